The number of carbonyl (C=O) groups excluding carboxylic acids is 1. The first kappa shape index (κ1) is 21.4. The summed E-state index contributed by atoms with van der Waals surface area (Å²) < 4.78 is 33.2. The van der Waals surface area contributed by atoms with Crippen molar-refractivity contribution >= 4 is 56.4 Å². The molecule has 0 saturated carbocycles. The van der Waals surface area contributed by atoms with Gasteiger partial charge in [-0.05, 0) is 49.2 Å². The zero-order chi connectivity index (χ0) is 20.3. The van der Waals surface area contributed by atoms with Crippen molar-refractivity contribution in [3.05, 3.63) is 57.0 Å². The predicted molar refractivity (Wildman–Crippen MR) is 110 cm³/mol. The number of amides is 1. The van der Waals surface area contributed by atoms with E-state index in [4.69, 9.17) is 39.5 Å². The first-order chi connectivity index (χ1) is 13.3. The van der Waals surface area contributed by atoms with E-state index >= 15 is 0 Å². The molecule has 0 spiro atoms. The molecule has 28 heavy (non-hydrogen) atoms. The van der Waals surface area contributed by atoms with Crippen molar-refractivity contribution in [3.8, 4) is 0 Å². The topological polar surface area (TPSA) is 84.5 Å². The van der Waals surface area contributed by atoms with Crippen LogP contribution >= 0.6 is 34.8 Å². The van der Waals surface area contributed by atoms with Gasteiger partial charge in [-0.3, -0.25) is 4.79 Å². The fraction of sp³-hybridized carbons (Fsp3) is 0.278. The quantitative estimate of drug-likeness (QED) is 0.667. The summed E-state index contributed by atoms with van der Waals surface area (Å²) >= 11 is 18.0. The van der Waals surface area contributed by atoms with Gasteiger partial charge >= 0.3 is 0 Å². The molecule has 1 aliphatic heterocycles. The number of ether oxygens (including phenoxy) is 1. The number of benzene rings is 2. The van der Waals surface area contributed by atoms with Crippen molar-refractivity contribution in [2.75, 3.05) is 18.5 Å². The molecule has 1 heterocycles. The summed E-state index contributed by atoms with van der Waals surface area (Å²) in [7, 11) is -3.95. The van der Waals surface area contributed by atoms with Crippen LogP contribution < -0.4 is 10.0 Å². The first-order valence-corrected chi connectivity index (χ1v) is 11.1. The number of hydrogen-bond acceptors (Lipinski definition) is 4. The normalized spacial score (nSPS) is 16.9. The Morgan fingerprint density at radius 3 is 2.46 bits per heavy atom. The third-order valence-electron chi connectivity index (χ3n) is 4.18. The van der Waals surface area contributed by atoms with Crippen LogP contribution in [0, 0.1) is 0 Å². The molecular weight excluding hydrogens is 447 g/mol. The Kier molecular flexibility index (Phi) is 6.85. The summed E-state index contributed by atoms with van der Waals surface area (Å²) in [6.07, 6.45) is 1.50. The van der Waals surface area contributed by atoms with Gasteiger partial charge in [0.15, 0.2) is 0 Å². The van der Waals surface area contributed by atoms with Gasteiger partial charge in [-0.15, -0.1) is 0 Å². The highest BCUT2D eigenvalue weighted by Crippen LogP contribution is 2.29. The van der Waals surface area contributed by atoms with E-state index in [1.54, 1.807) is 24.3 Å². The third kappa shape index (κ3) is 5.17. The number of anilines is 1. The van der Waals surface area contributed by atoms with Crippen LogP contribution in [0.4, 0.5) is 5.69 Å². The predicted octanol–water partition coefficient (Wildman–Crippen LogP) is 4.36. The molecule has 0 aliphatic carbocycles. The summed E-state index contributed by atoms with van der Waals surface area (Å²) in [5, 5.41) is 3.12. The maximum atomic E-state index is 12.7. The molecule has 10 heteroatoms. The van der Waals surface area contributed by atoms with Crippen molar-refractivity contribution in [1.82, 2.24) is 4.72 Å². The van der Waals surface area contributed by atoms with Gasteiger partial charge in [-0.2, -0.15) is 0 Å². The van der Waals surface area contributed by atoms with Gasteiger partial charge in [0.05, 0.1) is 21.7 Å². The number of halogens is 3. The molecule has 2 aromatic carbocycles. The molecule has 1 aliphatic rings. The molecule has 0 radical (unpaired) electrons. The van der Waals surface area contributed by atoms with Gasteiger partial charge in [-0.1, -0.05) is 34.8 Å². The maximum absolute atomic E-state index is 12.7. The van der Waals surface area contributed by atoms with Crippen LogP contribution in [0.3, 0.4) is 0 Å². The van der Waals surface area contributed by atoms with Gasteiger partial charge in [-0.25, -0.2) is 13.1 Å². The molecule has 2 aromatic rings. The second-order valence-electron chi connectivity index (χ2n) is 6.21. The van der Waals surface area contributed by atoms with Gasteiger partial charge in [0.1, 0.15) is 4.90 Å². The van der Waals surface area contributed by atoms with Gasteiger partial charge in [0.2, 0.25) is 10.0 Å². The Balaban J connectivity index is 1.82. The van der Waals surface area contributed by atoms with Crippen molar-refractivity contribution in [3.63, 3.8) is 0 Å². The molecule has 3 rings (SSSR count). The second-order valence-corrected chi connectivity index (χ2v) is 9.20. The SMILES string of the molecule is O=C(Nc1ccc(Cl)cc1)c1cc(S(=O)(=O)NC[C@H]2CCCO2)c(Cl)cc1Cl. The van der Waals surface area contributed by atoms with E-state index in [9.17, 15) is 13.2 Å². The zero-order valence-electron chi connectivity index (χ0n) is 14.5. The highest BCUT2D eigenvalue weighted by Gasteiger charge is 2.25. The Bertz CT molecular complexity index is 975. The van der Waals surface area contributed by atoms with E-state index < -0.39 is 15.9 Å². The Labute approximate surface area is 178 Å². The fourth-order valence-corrected chi connectivity index (χ4v) is 4.78. The van der Waals surface area contributed by atoms with E-state index in [0.717, 1.165) is 18.9 Å². The van der Waals surface area contributed by atoms with Crippen LogP contribution in [0.15, 0.2) is 41.3 Å². The zero-order valence-corrected chi connectivity index (χ0v) is 17.6. The number of hydrogen-bond donors (Lipinski definition) is 2. The molecule has 6 nitrogen and oxygen atoms in total. The fourth-order valence-electron chi connectivity index (χ4n) is 2.73. The van der Waals surface area contributed by atoms with Gasteiger partial charge in [0, 0.05) is 23.9 Å². The number of carbonyl (C=O) groups is 1. The molecular formula is C18H17Cl3N2O4S. The van der Waals surface area contributed by atoms with Crippen LogP contribution in [0.1, 0.15) is 23.2 Å². The lowest BCUT2D eigenvalue weighted by molar-refractivity contribution is 0.102. The lowest BCUT2D eigenvalue weighted by atomic mass is 10.2. The van der Waals surface area contributed by atoms with E-state index in [2.05, 4.69) is 10.0 Å². The Morgan fingerprint density at radius 2 is 1.82 bits per heavy atom. The summed E-state index contributed by atoms with van der Waals surface area (Å²) in [6.45, 7) is 0.747. The third-order valence-corrected chi connectivity index (χ3v) is 6.64. The molecule has 1 amide bonds. The number of rotatable bonds is 6. The van der Waals surface area contributed by atoms with Gasteiger partial charge in [0.25, 0.3) is 5.91 Å². The molecule has 1 saturated heterocycles. The summed E-state index contributed by atoms with van der Waals surface area (Å²) in [5.74, 6) is -0.570. The van der Waals surface area contributed by atoms with Gasteiger partial charge < -0.3 is 10.1 Å². The molecule has 1 fully saturated rings. The standard InChI is InChI=1S/C18H17Cl3N2O4S/c19-11-3-5-12(6-4-11)23-18(24)14-8-17(16(21)9-15(14)20)28(25,26)22-10-13-2-1-7-27-13/h3-6,8-9,13,22H,1-2,7,10H2,(H,23,24)/t13-/m1/s1. The minimum absolute atomic E-state index is 0.0153. The average molecular weight is 464 g/mol. The van der Waals surface area contributed by atoms with E-state index in [-0.39, 0.29) is 33.2 Å². The van der Waals surface area contributed by atoms with Crippen LogP contribution in [0.5, 0.6) is 0 Å². The summed E-state index contributed by atoms with van der Waals surface area (Å²) in [6, 6.07) is 8.86. The highest BCUT2D eigenvalue weighted by molar-refractivity contribution is 7.89. The summed E-state index contributed by atoms with van der Waals surface area (Å²) in [5.41, 5.74) is 0.472. The molecule has 2 N–H and O–H groups in total. The highest BCUT2D eigenvalue weighted by atomic mass is 35.5. The molecule has 150 valence electrons. The number of nitrogens with one attached hydrogen (secondary N) is 2. The molecule has 0 unspecified atom stereocenters. The van der Waals surface area contributed by atoms with Crippen LogP contribution in [0.2, 0.25) is 15.1 Å². The lowest BCUT2D eigenvalue weighted by Crippen LogP contribution is -2.32. The minimum Gasteiger partial charge on any atom is -0.377 e. The summed E-state index contributed by atoms with van der Waals surface area (Å²) in [4.78, 5) is 12.3. The van der Waals surface area contributed by atoms with E-state index in [1.807, 2.05) is 0 Å². The molecule has 1 atom stereocenters. The van der Waals surface area contributed by atoms with Crippen molar-refractivity contribution < 1.29 is 17.9 Å². The largest absolute Gasteiger partial charge is 0.377 e. The first-order valence-electron chi connectivity index (χ1n) is 8.43. The van der Waals surface area contributed by atoms with E-state index in [0.29, 0.717) is 17.3 Å². The van der Waals surface area contributed by atoms with Crippen LogP contribution in [0.25, 0.3) is 0 Å². The van der Waals surface area contributed by atoms with Crippen LogP contribution in [-0.2, 0) is 14.8 Å². The average Bonchev–Trinajstić information content (AvgIpc) is 3.15. The Morgan fingerprint density at radius 1 is 1.11 bits per heavy atom. The molecule has 0 bridgehead atoms. The van der Waals surface area contributed by atoms with Crippen molar-refractivity contribution in [2.24, 2.45) is 0 Å². The monoisotopic (exact) mass is 462 g/mol. The maximum Gasteiger partial charge on any atom is 0.257 e. The molecule has 0 aromatic heterocycles. The minimum atomic E-state index is -3.95. The second kappa shape index (κ2) is 8.98. The van der Waals surface area contributed by atoms with Crippen LogP contribution in [-0.4, -0.2) is 33.6 Å². The Hall–Kier alpha value is -1.35. The smallest absolute Gasteiger partial charge is 0.257 e. The van der Waals surface area contributed by atoms with Crippen molar-refractivity contribution in [2.45, 2.75) is 23.8 Å². The lowest BCUT2D eigenvalue weighted by Gasteiger charge is -2.14. The van der Waals surface area contributed by atoms with Crippen molar-refractivity contribution in [1.29, 1.82) is 0 Å². The van der Waals surface area contributed by atoms with E-state index in [1.165, 1.54) is 6.07 Å². The number of sulfonamides is 1.